The summed E-state index contributed by atoms with van der Waals surface area (Å²) in [6, 6.07) is 28.2. The van der Waals surface area contributed by atoms with Crippen LogP contribution in [0.1, 0.15) is 11.1 Å². The van der Waals surface area contributed by atoms with Gasteiger partial charge in [0.05, 0.1) is 18.2 Å². The fourth-order valence-corrected chi connectivity index (χ4v) is 2.94. The first-order valence-corrected chi connectivity index (χ1v) is 8.08. The van der Waals surface area contributed by atoms with E-state index in [1.54, 1.807) is 11.8 Å². The number of rotatable bonds is 4. The smallest absolute Gasteiger partial charge is 0.224 e. The standard InChI is InChI=1S/C21H17N3O/c1-25-21(24-19-15-9-8-14-18(19)22-23-24)20(16-10-4-2-5-11-16)17-12-6-3-7-13-17/h2-15H,1H3. The van der Waals surface area contributed by atoms with E-state index in [1.165, 1.54) is 0 Å². The largest absolute Gasteiger partial charge is 0.480 e. The van der Waals surface area contributed by atoms with Crippen molar-refractivity contribution in [2.24, 2.45) is 0 Å². The maximum Gasteiger partial charge on any atom is 0.224 e. The Labute approximate surface area is 146 Å². The molecule has 3 aromatic carbocycles. The van der Waals surface area contributed by atoms with Crippen LogP contribution in [0.15, 0.2) is 84.9 Å². The highest BCUT2D eigenvalue weighted by Crippen LogP contribution is 2.30. The van der Waals surface area contributed by atoms with Gasteiger partial charge < -0.3 is 4.74 Å². The monoisotopic (exact) mass is 327 g/mol. The predicted molar refractivity (Wildman–Crippen MR) is 99.6 cm³/mol. The number of hydrogen-bond donors (Lipinski definition) is 0. The highest BCUT2D eigenvalue weighted by Gasteiger charge is 2.17. The number of fused-ring (bicyclic) bond motifs is 1. The molecule has 0 fully saturated rings. The van der Waals surface area contributed by atoms with Gasteiger partial charge in [-0.25, -0.2) is 0 Å². The molecule has 4 aromatic rings. The second-order valence-corrected chi connectivity index (χ2v) is 5.61. The summed E-state index contributed by atoms with van der Waals surface area (Å²) in [7, 11) is 1.66. The highest BCUT2D eigenvalue weighted by atomic mass is 16.5. The van der Waals surface area contributed by atoms with Gasteiger partial charge in [-0.05, 0) is 23.3 Å². The molecule has 0 saturated carbocycles. The summed E-state index contributed by atoms with van der Waals surface area (Å²) in [4.78, 5) is 0. The molecule has 122 valence electrons. The van der Waals surface area contributed by atoms with E-state index in [1.807, 2.05) is 60.7 Å². The van der Waals surface area contributed by atoms with Gasteiger partial charge in [0, 0.05) is 0 Å². The minimum Gasteiger partial charge on any atom is -0.480 e. The SMILES string of the molecule is COC(=C(c1ccccc1)c1ccccc1)n1nnc2ccccc21. The minimum atomic E-state index is 0.645. The maximum absolute atomic E-state index is 5.81. The first kappa shape index (κ1) is 15.1. The van der Waals surface area contributed by atoms with E-state index >= 15 is 0 Å². The van der Waals surface area contributed by atoms with Gasteiger partial charge in [-0.1, -0.05) is 78.0 Å². The van der Waals surface area contributed by atoms with Crippen LogP contribution in [-0.2, 0) is 4.74 Å². The van der Waals surface area contributed by atoms with E-state index < -0.39 is 0 Å². The molecule has 0 radical (unpaired) electrons. The Hall–Kier alpha value is -3.40. The number of methoxy groups -OCH3 is 1. The van der Waals surface area contributed by atoms with E-state index in [2.05, 4.69) is 34.6 Å². The van der Waals surface area contributed by atoms with Crippen LogP contribution >= 0.6 is 0 Å². The molecule has 1 heterocycles. The number of hydrogen-bond acceptors (Lipinski definition) is 3. The summed E-state index contributed by atoms with van der Waals surface area (Å²) in [5.41, 5.74) is 4.83. The van der Waals surface area contributed by atoms with Crippen LogP contribution in [0.5, 0.6) is 0 Å². The second kappa shape index (κ2) is 6.61. The van der Waals surface area contributed by atoms with Crippen LogP contribution in [0.2, 0.25) is 0 Å². The van der Waals surface area contributed by atoms with Gasteiger partial charge in [-0.15, -0.1) is 5.10 Å². The summed E-state index contributed by atoms with van der Waals surface area (Å²) in [5, 5.41) is 8.58. The Morgan fingerprint density at radius 1 is 0.760 bits per heavy atom. The Kier molecular flexibility index (Phi) is 4.01. The maximum atomic E-state index is 5.81. The van der Waals surface area contributed by atoms with E-state index in [4.69, 9.17) is 4.74 Å². The van der Waals surface area contributed by atoms with E-state index in [0.29, 0.717) is 5.88 Å². The lowest BCUT2D eigenvalue weighted by molar-refractivity contribution is 0.339. The predicted octanol–water partition coefficient (Wildman–Crippen LogP) is 4.45. The quantitative estimate of drug-likeness (QED) is 0.520. The van der Waals surface area contributed by atoms with Gasteiger partial charge in [0.15, 0.2) is 0 Å². The molecule has 4 nitrogen and oxygen atoms in total. The summed E-state index contributed by atoms with van der Waals surface area (Å²) in [5.74, 6) is 0.645. The molecule has 0 spiro atoms. The van der Waals surface area contributed by atoms with Crippen molar-refractivity contribution < 1.29 is 4.74 Å². The lowest BCUT2D eigenvalue weighted by atomic mass is 9.98. The zero-order chi connectivity index (χ0) is 17.1. The molecule has 25 heavy (non-hydrogen) atoms. The summed E-state index contributed by atoms with van der Waals surface area (Å²) in [6.07, 6.45) is 0. The summed E-state index contributed by atoms with van der Waals surface area (Å²) in [6.45, 7) is 0. The topological polar surface area (TPSA) is 39.9 Å². The van der Waals surface area contributed by atoms with Crippen molar-refractivity contribution in [2.75, 3.05) is 7.11 Å². The lowest BCUT2D eigenvalue weighted by Crippen LogP contribution is -2.06. The van der Waals surface area contributed by atoms with Crippen LogP contribution in [0, 0.1) is 0 Å². The number of para-hydroxylation sites is 1. The van der Waals surface area contributed by atoms with Gasteiger partial charge in [0.2, 0.25) is 5.88 Å². The first-order valence-electron chi connectivity index (χ1n) is 8.08. The molecule has 4 heteroatoms. The third kappa shape index (κ3) is 2.78. The molecule has 1 aromatic heterocycles. The molecule has 0 unspecified atom stereocenters. The molecule has 4 rings (SSSR count). The number of nitrogens with zero attached hydrogens (tertiary/aromatic N) is 3. The minimum absolute atomic E-state index is 0.645. The normalized spacial score (nSPS) is 10.6. The summed E-state index contributed by atoms with van der Waals surface area (Å²) < 4.78 is 7.57. The Bertz CT molecular complexity index is 979. The fraction of sp³-hybridized carbons (Fsp3) is 0.0476. The summed E-state index contributed by atoms with van der Waals surface area (Å²) >= 11 is 0. The average molecular weight is 327 g/mol. The molecular weight excluding hydrogens is 310 g/mol. The molecule has 0 bridgehead atoms. The van der Waals surface area contributed by atoms with Gasteiger partial charge in [-0.3, -0.25) is 0 Å². The Morgan fingerprint density at radius 2 is 1.32 bits per heavy atom. The van der Waals surface area contributed by atoms with Crippen molar-refractivity contribution in [3.63, 3.8) is 0 Å². The Morgan fingerprint density at radius 3 is 1.92 bits per heavy atom. The third-order valence-corrected chi connectivity index (χ3v) is 4.08. The molecule has 0 aliphatic rings. The lowest BCUT2D eigenvalue weighted by Gasteiger charge is -2.15. The van der Waals surface area contributed by atoms with E-state index in [9.17, 15) is 0 Å². The van der Waals surface area contributed by atoms with Crippen LogP contribution in [0.25, 0.3) is 22.5 Å². The van der Waals surface area contributed by atoms with Crippen LogP contribution < -0.4 is 0 Å². The van der Waals surface area contributed by atoms with Gasteiger partial charge in [-0.2, -0.15) is 4.68 Å². The first-order chi connectivity index (χ1) is 12.4. The average Bonchev–Trinajstić information content (AvgIpc) is 3.11. The van der Waals surface area contributed by atoms with Crippen molar-refractivity contribution in [3.05, 3.63) is 96.1 Å². The number of ether oxygens (including phenoxy) is 1. The zero-order valence-electron chi connectivity index (χ0n) is 13.8. The molecule has 0 amide bonds. The zero-order valence-corrected chi connectivity index (χ0v) is 13.8. The van der Waals surface area contributed by atoms with Gasteiger partial charge >= 0.3 is 0 Å². The third-order valence-electron chi connectivity index (χ3n) is 4.08. The van der Waals surface area contributed by atoms with Crippen molar-refractivity contribution in [2.45, 2.75) is 0 Å². The van der Waals surface area contributed by atoms with Crippen molar-refractivity contribution in [1.29, 1.82) is 0 Å². The molecule has 0 aliphatic carbocycles. The van der Waals surface area contributed by atoms with Crippen LogP contribution in [0.4, 0.5) is 0 Å². The second-order valence-electron chi connectivity index (χ2n) is 5.61. The van der Waals surface area contributed by atoms with Crippen molar-refractivity contribution in [3.8, 4) is 0 Å². The molecule has 0 atom stereocenters. The highest BCUT2D eigenvalue weighted by molar-refractivity contribution is 5.93. The Balaban J connectivity index is 2.03. The number of aromatic nitrogens is 3. The van der Waals surface area contributed by atoms with Gasteiger partial charge in [0.1, 0.15) is 5.52 Å². The van der Waals surface area contributed by atoms with Gasteiger partial charge in [0.25, 0.3) is 0 Å². The van der Waals surface area contributed by atoms with Crippen LogP contribution in [-0.4, -0.2) is 22.1 Å². The molecule has 0 saturated heterocycles. The number of benzene rings is 3. The molecule has 0 N–H and O–H groups in total. The molecular formula is C21H17N3O. The van der Waals surface area contributed by atoms with Crippen molar-refractivity contribution >= 4 is 22.5 Å². The fourth-order valence-electron chi connectivity index (χ4n) is 2.94. The van der Waals surface area contributed by atoms with Crippen molar-refractivity contribution in [1.82, 2.24) is 15.0 Å². The van der Waals surface area contributed by atoms with Crippen LogP contribution in [0.3, 0.4) is 0 Å². The molecule has 0 aliphatic heterocycles. The van der Waals surface area contributed by atoms with E-state index in [-0.39, 0.29) is 0 Å². The van der Waals surface area contributed by atoms with E-state index in [0.717, 1.165) is 27.7 Å².